The van der Waals surface area contributed by atoms with Crippen LogP contribution in [0.1, 0.15) is 33.6 Å². The zero-order valence-corrected chi connectivity index (χ0v) is 12.6. The molecule has 116 valence electrons. The molecule has 21 heavy (non-hydrogen) atoms. The predicted molar refractivity (Wildman–Crippen MR) is 73.8 cm³/mol. The Balaban J connectivity index is 1.85. The summed E-state index contributed by atoms with van der Waals surface area (Å²) in [6.45, 7) is 5.29. The molecule has 2 atom stereocenters. The summed E-state index contributed by atoms with van der Waals surface area (Å²) in [5, 5.41) is 4.94. The number of nitrogens with one attached hydrogen (secondary N) is 2. The first-order chi connectivity index (χ1) is 9.73. The van der Waals surface area contributed by atoms with E-state index in [1.54, 1.807) is 13.8 Å². The fourth-order valence-corrected chi connectivity index (χ4v) is 2.43. The van der Waals surface area contributed by atoms with Gasteiger partial charge in [-0.05, 0) is 26.2 Å². The summed E-state index contributed by atoms with van der Waals surface area (Å²) in [7, 11) is 0. The summed E-state index contributed by atoms with van der Waals surface area (Å²) in [6.07, 6.45) is 0.977. The number of hydrogen-bond acceptors (Lipinski definition) is 4. The smallest absolute Gasteiger partial charge is 0.252 e. The SMILES string of the molecule is CC1CC1C(=O)NCCC(=O)N1CC(=O)NC(=O)C1(C)C. The highest BCUT2D eigenvalue weighted by atomic mass is 16.2. The van der Waals surface area contributed by atoms with Gasteiger partial charge < -0.3 is 10.2 Å². The number of piperazine rings is 1. The van der Waals surface area contributed by atoms with Crippen LogP contribution in [-0.2, 0) is 19.2 Å². The van der Waals surface area contributed by atoms with E-state index in [9.17, 15) is 19.2 Å². The van der Waals surface area contributed by atoms with Gasteiger partial charge >= 0.3 is 0 Å². The average molecular weight is 295 g/mol. The molecule has 1 aliphatic heterocycles. The van der Waals surface area contributed by atoms with Crippen LogP contribution in [0.2, 0.25) is 0 Å². The minimum Gasteiger partial charge on any atom is -0.355 e. The molecule has 2 rings (SSSR count). The van der Waals surface area contributed by atoms with Gasteiger partial charge in [-0.2, -0.15) is 0 Å². The summed E-state index contributed by atoms with van der Waals surface area (Å²) in [5.74, 6) is -0.817. The van der Waals surface area contributed by atoms with Gasteiger partial charge in [0, 0.05) is 18.9 Å². The third kappa shape index (κ3) is 3.22. The Morgan fingerprint density at radius 1 is 1.38 bits per heavy atom. The molecule has 2 N–H and O–H groups in total. The van der Waals surface area contributed by atoms with Crippen molar-refractivity contribution in [2.75, 3.05) is 13.1 Å². The summed E-state index contributed by atoms with van der Waals surface area (Å²) >= 11 is 0. The van der Waals surface area contributed by atoms with Crippen molar-refractivity contribution in [3.05, 3.63) is 0 Å². The van der Waals surface area contributed by atoms with Crippen molar-refractivity contribution >= 4 is 23.6 Å². The van der Waals surface area contributed by atoms with Crippen LogP contribution < -0.4 is 10.6 Å². The third-order valence-electron chi connectivity index (χ3n) is 4.17. The van der Waals surface area contributed by atoms with Crippen molar-refractivity contribution in [3.63, 3.8) is 0 Å². The molecule has 0 radical (unpaired) electrons. The Labute approximate surface area is 123 Å². The first-order valence-electron chi connectivity index (χ1n) is 7.16. The van der Waals surface area contributed by atoms with Crippen molar-refractivity contribution in [2.24, 2.45) is 11.8 Å². The van der Waals surface area contributed by atoms with Gasteiger partial charge in [-0.15, -0.1) is 0 Å². The Morgan fingerprint density at radius 3 is 2.57 bits per heavy atom. The van der Waals surface area contributed by atoms with Crippen LogP contribution in [0.3, 0.4) is 0 Å². The van der Waals surface area contributed by atoms with Gasteiger partial charge in [0.15, 0.2) is 0 Å². The van der Waals surface area contributed by atoms with E-state index in [1.165, 1.54) is 4.90 Å². The molecule has 7 heteroatoms. The van der Waals surface area contributed by atoms with Gasteiger partial charge in [0.25, 0.3) is 5.91 Å². The standard InChI is InChI=1S/C14H21N3O4/c1-8-6-9(8)12(20)15-5-4-11(19)17-7-10(18)16-13(21)14(17,2)3/h8-9H,4-7H2,1-3H3,(H,15,20)(H,16,18,21). The largest absolute Gasteiger partial charge is 0.355 e. The van der Waals surface area contributed by atoms with E-state index >= 15 is 0 Å². The van der Waals surface area contributed by atoms with Crippen LogP contribution >= 0.6 is 0 Å². The molecule has 2 fully saturated rings. The van der Waals surface area contributed by atoms with Gasteiger partial charge in [-0.3, -0.25) is 24.5 Å². The van der Waals surface area contributed by atoms with E-state index in [1.807, 2.05) is 6.92 Å². The number of nitrogens with zero attached hydrogens (tertiary/aromatic N) is 1. The van der Waals surface area contributed by atoms with E-state index in [0.717, 1.165) is 6.42 Å². The molecule has 0 spiro atoms. The highest BCUT2D eigenvalue weighted by Crippen LogP contribution is 2.37. The predicted octanol–water partition coefficient (Wildman–Crippen LogP) is -0.588. The van der Waals surface area contributed by atoms with E-state index < -0.39 is 17.4 Å². The van der Waals surface area contributed by atoms with Crippen molar-refractivity contribution in [1.29, 1.82) is 0 Å². The Bertz CT molecular complexity index is 500. The van der Waals surface area contributed by atoms with Gasteiger partial charge in [-0.1, -0.05) is 6.92 Å². The van der Waals surface area contributed by atoms with Crippen LogP contribution in [0.15, 0.2) is 0 Å². The fraction of sp³-hybridized carbons (Fsp3) is 0.714. The number of hydrogen-bond donors (Lipinski definition) is 2. The maximum absolute atomic E-state index is 12.2. The molecule has 4 amide bonds. The molecule has 0 bridgehead atoms. The molecule has 0 aromatic rings. The molecule has 1 heterocycles. The normalized spacial score (nSPS) is 27.1. The third-order valence-corrected chi connectivity index (χ3v) is 4.17. The molecule has 7 nitrogen and oxygen atoms in total. The van der Waals surface area contributed by atoms with Crippen LogP contribution in [0.5, 0.6) is 0 Å². The number of rotatable bonds is 4. The molecule has 2 unspecified atom stereocenters. The summed E-state index contributed by atoms with van der Waals surface area (Å²) in [5.41, 5.74) is -1.06. The molecule has 1 saturated carbocycles. The van der Waals surface area contributed by atoms with Gasteiger partial charge in [-0.25, -0.2) is 0 Å². The van der Waals surface area contributed by atoms with Gasteiger partial charge in [0.05, 0.1) is 0 Å². The Morgan fingerprint density at radius 2 is 2.00 bits per heavy atom. The monoisotopic (exact) mass is 295 g/mol. The van der Waals surface area contributed by atoms with E-state index in [2.05, 4.69) is 10.6 Å². The highest BCUT2D eigenvalue weighted by Gasteiger charge is 2.43. The fourth-order valence-electron chi connectivity index (χ4n) is 2.43. The quantitative estimate of drug-likeness (QED) is 0.678. The minimum atomic E-state index is -1.06. The first kappa shape index (κ1) is 15.5. The topological polar surface area (TPSA) is 95.6 Å². The van der Waals surface area contributed by atoms with E-state index in [0.29, 0.717) is 5.92 Å². The van der Waals surface area contributed by atoms with Gasteiger partial charge in [0.1, 0.15) is 12.1 Å². The zero-order valence-electron chi connectivity index (χ0n) is 12.6. The summed E-state index contributed by atoms with van der Waals surface area (Å²) in [4.78, 5) is 48.3. The molecule has 0 aromatic carbocycles. The Hall–Kier alpha value is -1.92. The zero-order chi connectivity index (χ0) is 15.8. The molecular formula is C14H21N3O4. The van der Waals surface area contributed by atoms with Crippen molar-refractivity contribution in [3.8, 4) is 0 Å². The van der Waals surface area contributed by atoms with Crippen LogP contribution in [0.4, 0.5) is 0 Å². The number of carbonyl (C=O) groups is 4. The highest BCUT2D eigenvalue weighted by molar-refractivity contribution is 6.06. The van der Waals surface area contributed by atoms with Crippen LogP contribution in [0, 0.1) is 11.8 Å². The van der Waals surface area contributed by atoms with Crippen molar-refractivity contribution in [1.82, 2.24) is 15.5 Å². The number of carbonyl (C=O) groups excluding carboxylic acids is 4. The second-order valence-corrected chi connectivity index (χ2v) is 6.28. The van der Waals surface area contributed by atoms with Crippen LogP contribution in [-0.4, -0.2) is 47.2 Å². The molecular weight excluding hydrogens is 274 g/mol. The van der Waals surface area contributed by atoms with E-state index in [-0.39, 0.29) is 37.2 Å². The maximum atomic E-state index is 12.2. The van der Waals surface area contributed by atoms with Crippen molar-refractivity contribution < 1.29 is 19.2 Å². The first-order valence-corrected chi connectivity index (χ1v) is 7.16. The lowest BCUT2D eigenvalue weighted by Gasteiger charge is -2.40. The Kier molecular flexibility index (Phi) is 4.02. The number of imide groups is 1. The van der Waals surface area contributed by atoms with Crippen LogP contribution in [0.25, 0.3) is 0 Å². The lowest BCUT2D eigenvalue weighted by molar-refractivity contribution is -0.155. The molecule has 1 saturated heterocycles. The summed E-state index contributed by atoms with van der Waals surface area (Å²) < 4.78 is 0. The second kappa shape index (κ2) is 5.46. The lowest BCUT2D eigenvalue weighted by atomic mass is 9.98. The summed E-state index contributed by atoms with van der Waals surface area (Å²) in [6, 6.07) is 0. The molecule has 2 aliphatic rings. The average Bonchev–Trinajstić information content (AvgIpc) is 3.11. The molecule has 0 aromatic heterocycles. The minimum absolute atomic E-state index is 0.0259. The van der Waals surface area contributed by atoms with Gasteiger partial charge in [0.2, 0.25) is 17.7 Å². The molecule has 1 aliphatic carbocycles. The number of amides is 4. The van der Waals surface area contributed by atoms with Crippen molar-refractivity contribution in [2.45, 2.75) is 39.2 Å². The maximum Gasteiger partial charge on any atom is 0.252 e. The second-order valence-electron chi connectivity index (χ2n) is 6.28. The van der Waals surface area contributed by atoms with E-state index in [4.69, 9.17) is 0 Å². The lowest BCUT2D eigenvalue weighted by Crippen LogP contribution is -2.65.